The van der Waals surface area contributed by atoms with Crippen molar-refractivity contribution in [3.8, 4) is 0 Å². The van der Waals surface area contributed by atoms with Crippen LogP contribution in [0.2, 0.25) is 0 Å². The van der Waals surface area contributed by atoms with Crippen LogP contribution in [0.15, 0.2) is 0 Å². The molecule has 0 N–H and O–H groups in total. The van der Waals surface area contributed by atoms with E-state index < -0.39 is 52.0 Å². The van der Waals surface area contributed by atoms with Crippen molar-refractivity contribution in [1.29, 1.82) is 0 Å². The van der Waals surface area contributed by atoms with Crippen molar-refractivity contribution in [1.82, 2.24) is 0 Å². The van der Waals surface area contributed by atoms with Crippen LogP contribution in [0, 0.1) is 0 Å². The van der Waals surface area contributed by atoms with Gasteiger partial charge in [0.05, 0.1) is 0 Å². The summed E-state index contributed by atoms with van der Waals surface area (Å²) in [5.41, 5.74) is 0. The summed E-state index contributed by atoms with van der Waals surface area (Å²) in [7, 11) is -25.8. The Kier molecular flexibility index (Phi) is 687. The minimum Gasteiger partial charge on any atom is -0.759 e. The molecule has 0 unspecified atom stereocenters. The molecule has 0 aromatic carbocycles. The van der Waals surface area contributed by atoms with E-state index in [-0.39, 0.29) is 478 Å². The zero-order chi connectivity index (χ0) is 22.5. The monoisotopic (exact) mass is 2240 g/mol. The summed E-state index contributed by atoms with van der Waals surface area (Å²) < 4.78 is 170. The van der Waals surface area contributed by atoms with Crippen molar-refractivity contribution in [2.45, 2.75) is 0 Å². The molecule has 0 aliphatic heterocycles. The van der Waals surface area contributed by atoms with E-state index in [2.05, 4.69) is 0 Å². The molecule has 0 bridgehead atoms. The molecule has 0 saturated heterocycles. The number of rotatable bonds is 0. The van der Waals surface area contributed by atoms with Crippen LogP contribution in [-0.2, 0) is 530 Å². The van der Waals surface area contributed by atoms with Crippen molar-refractivity contribution in [3.63, 3.8) is 0 Å². The number of hydrogen-bond acceptors (Lipinski definition) is 20. The molecule has 412 valence electrons. The van der Waals surface area contributed by atoms with Crippen molar-refractivity contribution >= 4 is 52.0 Å². The summed E-state index contributed by atoms with van der Waals surface area (Å²) >= 11 is 0. The quantitative estimate of drug-likeness (QED) is 0.124. The summed E-state index contributed by atoms with van der Waals surface area (Å²) in [6.07, 6.45) is 0. The van der Waals surface area contributed by atoms with Crippen LogP contribution in [0.5, 0.6) is 0 Å². The van der Waals surface area contributed by atoms with Gasteiger partial charge >= 0.3 is 478 Å². The van der Waals surface area contributed by atoms with Gasteiger partial charge in [-0.25, -0.2) is 0 Å². The Hall–Kier alpha value is 13.9. The number of hydrogen-bond donors (Lipinski definition) is 0. The fraction of sp³-hybridized carbons (Fsp3) is 0. The van der Waals surface area contributed by atoms with Gasteiger partial charge in [-0.1, -0.05) is 0 Å². The van der Waals surface area contributed by atoms with Crippen molar-refractivity contribution in [2.75, 3.05) is 0 Å². The molecular formula is Cu28O20S5+46. The van der Waals surface area contributed by atoms with Gasteiger partial charge in [0, 0.05) is 52.0 Å². The molecule has 53 heavy (non-hydrogen) atoms. The molecule has 0 amide bonds. The topological polar surface area (TPSA) is 401 Å². The van der Waals surface area contributed by atoms with E-state index in [1.807, 2.05) is 0 Å². The zero-order valence-electron chi connectivity index (χ0n) is 18.6. The van der Waals surface area contributed by atoms with E-state index in [1.54, 1.807) is 0 Å². The molecule has 0 aromatic heterocycles. The molecule has 0 rings (SSSR count). The van der Waals surface area contributed by atoms with Crippen molar-refractivity contribution in [2.24, 2.45) is 0 Å². The van der Waals surface area contributed by atoms with Crippen LogP contribution in [0.3, 0.4) is 0 Å². The first kappa shape index (κ1) is 253. The van der Waals surface area contributed by atoms with Gasteiger partial charge in [0.1, 0.15) is 0 Å². The second-order valence-electron chi connectivity index (χ2n) is 2.04. The van der Waals surface area contributed by atoms with E-state index in [1.165, 1.54) is 0 Å². The van der Waals surface area contributed by atoms with E-state index >= 15 is 0 Å². The maximum Gasteiger partial charge on any atom is 2.00 e. The smallest absolute Gasteiger partial charge is 0.759 e. The Labute approximate surface area is 604 Å². The van der Waals surface area contributed by atoms with Gasteiger partial charge < -0.3 is 45.5 Å². The van der Waals surface area contributed by atoms with Crippen molar-refractivity contribution in [3.05, 3.63) is 0 Å². The molecule has 0 aliphatic rings. The molecule has 0 atom stereocenters. The second-order valence-corrected chi connectivity index (χ2v) is 6.12. The van der Waals surface area contributed by atoms with Crippen LogP contribution in [0.1, 0.15) is 0 Å². The molecule has 0 saturated carbocycles. The first-order chi connectivity index (χ1) is 10.0. The Bertz CT molecular complexity index is 661. The van der Waals surface area contributed by atoms with Gasteiger partial charge in [0.25, 0.3) is 0 Å². The van der Waals surface area contributed by atoms with Gasteiger partial charge in [-0.15, -0.1) is 0 Å². The first-order valence-electron chi connectivity index (χ1n) is 3.33. The standard InChI is InChI=1S/28Cu.5H2O4S/c;;;;;;;;;;;;;;;;;;;;;;;;;;;;5*1-5(2,3)4/h;;;;;;;;;;;;;;;;;;;;;;;;;;;;5*(H2,1,2,3,4)/q28*+2;;;;;/p-10. The third-order valence-electron chi connectivity index (χ3n) is 0. The average molecular weight is 2260 g/mol. The fourth-order valence-electron chi connectivity index (χ4n) is 0. The zero-order valence-corrected chi connectivity index (χ0v) is 49.1. The molecule has 0 aromatic rings. The van der Waals surface area contributed by atoms with Crippen LogP contribution in [-0.4, -0.2) is 87.6 Å². The predicted octanol–water partition coefficient (Wildman–Crippen LogP) is -6.76. The molecular weight excluding hydrogens is 2260 g/mol. The molecule has 28 radical (unpaired) electrons. The normalized spacial score (nSPS) is 5.47. The summed E-state index contributed by atoms with van der Waals surface area (Å²) in [5.74, 6) is 0. The van der Waals surface area contributed by atoms with Gasteiger partial charge in [0.15, 0.2) is 0 Å². The molecule has 0 fully saturated rings. The molecule has 53 heteroatoms. The largest absolute Gasteiger partial charge is 2.00 e. The summed E-state index contributed by atoms with van der Waals surface area (Å²) in [6.45, 7) is 0. The van der Waals surface area contributed by atoms with E-state index in [4.69, 9.17) is 87.6 Å². The Morgan fingerprint density at radius 3 is 0.132 bits per heavy atom. The molecule has 0 aliphatic carbocycles. The van der Waals surface area contributed by atoms with E-state index in [0.717, 1.165) is 0 Å². The van der Waals surface area contributed by atoms with E-state index in [9.17, 15) is 0 Å². The first-order valence-corrected chi connectivity index (χ1v) is 10.0. The van der Waals surface area contributed by atoms with Crippen LogP contribution < -0.4 is 0 Å². The van der Waals surface area contributed by atoms with Crippen LogP contribution in [0.25, 0.3) is 0 Å². The third-order valence-corrected chi connectivity index (χ3v) is 0. The predicted molar refractivity (Wildman–Crippen MR) is 52.4 cm³/mol. The molecule has 0 heterocycles. The van der Waals surface area contributed by atoms with Gasteiger partial charge in [-0.05, 0) is 0 Å². The third kappa shape index (κ3) is 1390. The molecule has 20 nitrogen and oxygen atoms in total. The summed E-state index contributed by atoms with van der Waals surface area (Å²) in [4.78, 5) is 0. The Balaban J connectivity index is -0.00000000269. The average Bonchev–Trinajstić information content (AvgIpc) is 1.79. The second kappa shape index (κ2) is 144. The minimum atomic E-state index is -5.17. The summed E-state index contributed by atoms with van der Waals surface area (Å²) in [6, 6.07) is 0. The van der Waals surface area contributed by atoms with Crippen molar-refractivity contribution < 1.29 is 566 Å². The van der Waals surface area contributed by atoms with Crippen LogP contribution >= 0.6 is 0 Å². The fourth-order valence-corrected chi connectivity index (χ4v) is 0. The maximum atomic E-state index is 8.52. The maximum absolute atomic E-state index is 8.52. The van der Waals surface area contributed by atoms with E-state index in [0.29, 0.717) is 0 Å². The molecule has 0 spiro atoms. The SMILES string of the molecule is O=S(=O)([O-])[O-].O=S(=O)([O-])[O-].O=S(=O)([O-])[O-].O=S(=O)([O-])[O-].O=S(=O)([O-])[O-].[Cu+2].[Cu+2].[Cu+2].[Cu+2].[Cu+2].[Cu+2].[Cu+2].[Cu+2].[Cu+2].[Cu+2].[Cu+2].[Cu+2].[Cu+2].[Cu+2].[Cu+2].[Cu+2].[Cu+2].[Cu+2].[Cu+2].[Cu+2].[Cu+2].[Cu+2].[Cu+2].[Cu+2].[Cu+2].[Cu+2].[Cu+2].[Cu+2]. The Morgan fingerprint density at radius 2 is 0.132 bits per heavy atom. The van der Waals surface area contributed by atoms with Gasteiger partial charge in [-0.3, -0.25) is 42.1 Å². The minimum absolute atomic E-state index is 0. The van der Waals surface area contributed by atoms with Crippen LogP contribution in [0.4, 0.5) is 0 Å². The van der Waals surface area contributed by atoms with Gasteiger partial charge in [-0.2, -0.15) is 0 Å². The van der Waals surface area contributed by atoms with Gasteiger partial charge in [0.2, 0.25) is 0 Å². The summed E-state index contributed by atoms with van der Waals surface area (Å²) in [5, 5.41) is 0. The Morgan fingerprint density at radius 1 is 0.132 bits per heavy atom.